The SMILES string of the molecule is CCOc1cc(C#N)ccc1OCC(=O)N(C)CCC#N. The van der Waals surface area contributed by atoms with Gasteiger partial charge in [-0.2, -0.15) is 10.5 Å². The Kier molecular flexibility index (Phi) is 6.56. The second-order valence-electron chi connectivity index (χ2n) is 4.22. The highest BCUT2D eigenvalue weighted by atomic mass is 16.5. The standard InChI is InChI=1S/C15H17N3O3/c1-3-20-14-9-12(10-17)5-6-13(14)21-11-15(19)18(2)8-4-7-16/h5-6,9H,3-4,8,11H2,1-2H3. The average molecular weight is 287 g/mol. The number of rotatable bonds is 7. The maximum Gasteiger partial charge on any atom is 0.260 e. The van der Waals surface area contributed by atoms with Gasteiger partial charge in [0.05, 0.1) is 30.7 Å². The number of amides is 1. The van der Waals surface area contributed by atoms with Gasteiger partial charge >= 0.3 is 0 Å². The first-order valence-corrected chi connectivity index (χ1v) is 6.53. The van der Waals surface area contributed by atoms with Gasteiger partial charge in [-0.1, -0.05) is 0 Å². The van der Waals surface area contributed by atoms with Crippen LogP contribution in [-0.2, 0) is 4.79 Å². The van der Waals surface area contributed by atoms with E-state index in [0.717, 1.165) is 0 Å². The molecule has 0 aliphatic heterocycles. The first-order valence-electron chi connectivity index (χ1n) is 6.53. The minimum Gasteiger partial charge on any atom is -0.490 e. The lowest BCUT2D eigenvalue weighted by Crippen LogP contribution is -2.32. The van der Waals surface area contributed by atoms with E-state index in [9.17, 15) is 4.79 Å². The van der Waals surface area contributed by atoms with Crippen LogP contribution in [0.15, 0.2) is 18.2 Å². The van der Waals surface area contributed by atoms with Crippen molar-refractivity contribution in [3.8, 4) is 23.6 Å². The molecule has 6 nitrogen and oxygen atoms in total. The largest absolute Gasteiger partial charge is 0.490 e. The van der Waals surface area contributed by atoms with Gasteiger partial charge in [0.1, 0.15) is 0 Å². The van der Waals surface area contributed by atoms with Gasteiger partial charge in [0.2, 0.25) is 0 Å². The highest BCUT2D eigenvalue weighted by molar-refractivity contribution is 5.77. The normalized spacial score (nSPS) is 9.33. The zero-order chi connectivity index (χ0) is 15.7. The highest BCUT2D eigenvalue weighted by Gasteiger charge is 2.12. The molecule has 110 valence electrons. The summed E-state index contributed by atoms with van der Waals surface area (Å²) in [6, 6.07) is 8.77. The summed E-state index contributed by atoms with van der Waals surface area (Å²) in [5.74, 6) is 0.624. The molecule has 6 heteroatoms. The molecule has 0 N–H and O–H groups in total. The molecule has 0 fully saturated rings. The number of carbonyl (C=O) groups excluding carboxylic acids is 1. The van der Waals surface area contributed by atoms with E-state index in [1.165, 1.54) is 4.90 Å². The molecule has 0 atom stereocenters. The summed E-state index contributed by atoms with van der Waals surface area (Å²) in [6.07, 6.45) is 0.281. The fourth-order valence-electron chi connectivity index (χ4n) is 1.56. The number of benzene rings is 1. The summed E-state index contributed by atoms with van der Waals surface area (Å²) in [7, 11) is 1.62. The maximum atomic E-state index is 11.8. The van der Waals surface area contributed by atoms with Crippen LogP contribution < -0.4 is 9.47 Å². The van der Waals surface area contributed by atoms with Gasteiger partial charge in [-0.3, -0.25) is 4.79 Å². The predicted octanol–water partition coefficient (Wildman–Crippen LogP) is 1.71. The van der Waals surface area contributed by atoms with E-state index in [4.69, 9.17) is 20.0 Å². The van der Waals surface area contributed by atoms with Crippen LogP contribution in [0.1, 0.15) is 18.9 Å². The van der Waals surface area contributed by atoms with Gasteiger partial charge in [-0.15, -0.1) is 0 Å². The van der Waals surface area contributed by atoms with Crippen LogP contribution >= 0.6 is 0 Å². The van der Waals surface area contributed by atoms with Crippen molar-refractivity contribution in [2.75, 3.05) is 26.8 Å². The fourth-order valence-corrected chi connectivity index (χ4v) is 1.56. The second-order valence-corrected chi connectivity index (χ2v) is 4.22. The molecule has 0 heterocycles. The van der Waals surface area contributed by atoms with Crippen LogP contribution in [0.5, 0.6) is 11.5 Å². The number of hydrogen-bond donors (Lipinski definition) is 0. The van der Waals surface area contributed by atoms with Crippen LogP contribution in [0.3, 0.4) is 0 Å². The number of nitriles is 2. The minimum atomic E-state index is -0.225. The zero-order valence-corrected chi connectivity index (χ0v) is 12.1. The van der Waals surface area contributed by atoms with Crippen molar-refractivity contribution in [1.29, 1.82) is 10.5 Å². The number of nitrogens with zero attached hydrogens (tertiary/aromatic N) is 3. The van der Waals surface area contributed by atoms with Gasteiger partial charge in [0.25, 0.3) is 5.91 Å². The monoisotopic (exact) mass is 287 g/mol. The molecule has 0 saturated heterocycles. The van der Waals surface area contributed by atoms with Gasteiger partial charge in [-0.25, -0.2) is 0 Å². The van der Waals surface area contributed by atoms with E-state index in [1.54, 1.807) is 25.2 Å². The third kappa shape index (κ3) is 5.04. The summed E-state index contributed by atoms with van der Waals surface area (Å²) < 4.78 is 10.8. The molecule has 0 bridgehead atoms. The fraction of sp³-hybridized carbons (Fsp3) is 0.400. The van der Waals surface area contributed by atoms with Gasteiger partial charge in [0.15, 0.2) is 18.1 Å². The molecule has 0 spiro atoms. The van der Waals surface area contributed by atoms with E-state index in [1.807, 2.05) is 19.1 Å². The van der Waals surface area contributed by atoms with Crippen molar-refractivity contribution in [2.45, 2.75) is 13.3 Å². The van der Waals surface area contributed by atoms with Crippen molar-refractivity contribution >= 4 is 5.91 Å². The predicted molar refractivity (Wildman–Crippen MR) is 75.7 cm³/mol. The zero-order valence-electron chi connectivity index (χ0n) is 12.1. The van der Waals surface area contributed by atoms with Crippen molar-refractivity contribution < 1.29 is 14.3 Å². The van der Waals surface area contributed by atoms with Gasteiger partial charge in [0, 0.05) is 19.7 Å². The van der Waals surface area contributed by atoms with Gasteiger partial charge < -0.3 is 14.4 Å². The van der Waals surface area contributed by atoms with Crippen molar-refractivity contribution in [1.82, 2.24) is 4.90 Å². The first kappa shape index (κ1) is 16.3. The maximum absolute atomic E-state index is 11.8. The van der Waals surface area contributed by atoms with E-state index in [0.29, 0.717) is 30.2 Å². The Morgan fingerprint density at radius 3 is 2.67 bits per heavy atom. The molecule has 1 aromatic rings. The van der Waals surface area contributed by atoms with Crippen molar-refractivity contribution in [3.05, 3.63) is 23.8 Å². The first-order chi connectivity index (χ1) is 10.1. The molecule has 0 unspecified atom stereocenters. The Morgan fingerprint density at radius 2 is 2.05 bits per heavy atom. The Hall–Kier alpha value is -2.73. The second kappa shape index (κ2) is 8.44. The number of carbonyl (C=O) groups is 1. The summed E-state index contributed by atoms with van der Waals surface area (Å²) in [5.41, 5.74) is 0.461. The topological polar surface area (TPSA) is 86.3 Å². The van der Waals surface area contributed by atoms with Crippen LogP contribution in [0.25, 0.3) is 0 Å². The van der Waals surface area contributed by atoms with E-state index in [2.05, 4.69) is 0 Å². The quantitative estimate of drug-likeness (QED) is 0.762. The lowest BCUT2D eigenvalue weighted by atomic mass is 10.2. The summed E-state index contributed by atoms with van der Waals surface area (Å²) in [6.45, 7) is 2.48. The van der Waals surface area contributed by atoms with Crippen molar-refractivity contribution in [2.24, 2.45) is 0 Å². The van der Waals surface area contributed by atoms with E-state index >= 15 is 0 Å². The van der Waals surface area contributed by atoms with E-state index < -0.39 is 0 Å². The molecule has 21 heavy (non-hydrogen) atoms. The van der Waals surface area contributed by atoms with Crippen LogP contribution in [0.4, 0.5) is 0 Å². The lowest BCUT2D eigenvalue weighted by molar-refractivity contribution is -0.132. The summed E-state index contributed by atoms with van der Waals surface area (Å²) in [5, 5.41) is 17.3. The molecule has 1 rings (SSSR count). The number of hydrogen-bond acceptors (Lipinski definition) is 5. The molecule has 1 aromatic carbocycles. The molecule has 0 saturated carbocycles. The Balaban J connectivity index is 2.68. The smallest absolute Gasteiger partial charge is 0.260 e. The molecule has 0 aliphatic carbocycles. The van der Waals surface area contributed by atoms with E-state index in [-0.39, 0.29) is 18.9 Å². The number of likely N-dealkylation sites (N-methyl/N-ethyl adjacent to an activating group) is 1. The summed E-state index contributed by atoms with van der Waals surface area (Å²) in [4.78, 5) is 13.3. The Labute approximate surface area is 124 Å². The third-order valence-electron chi connectivity index (χ3n) is 2.71. The molecule has 1 amide bonds. The Bertz CT molecular complexity index is 573. The van der Waals surface area contributed by atoms with Crippen LogP contribution in [0.2, 0.25) is 0 Å². The molecule has 0 aliphatic rings. The van der Waals surface area contributed by atoms with Crippen LogP contribution in [0, 0.1) is 22.7 Å². The molecular formula is C15H17N3O3. The molecular weight excluding hydrogens is 270 g/mol. The van der Waals surface area contributed by atoms with Crippen LogP contribution in [-0.4, -0.2) is 37.6 Å². The minimum absolute atomic E-state index is 0.145. The highest BCUT2D eigenvalue weighted by Crippen LogP contribution is 2.28. The van der Waals surface area contributed by atoms with Crippen molar-refractivity contribution in [3.63, 3.8) is 0 Å². The molecule has 0 radical (unpaired) electrons. The third-order valence-corrected chi connectivity index (χ3v) is 2.71. The Morgan fingerprint density at radius 1 is 1.29 bits per heavy atom. The lowest BCUT2D eigenvalue weighted by Gasteiger charge is -2.17. The average Bonchev–Trinajstić information content (AvgIpc) is 2.51. The van der Waals surface area contributed by atoms with Gasteiger partial charge in [-0.05, 0) is 19.1 Å². The molecule has 0 aromatic heterocycles. The number of ether oxygens (including phenoxy) is 2. The summed E-state index contributed by atoms with van der Waals surface area (Å²) >= 11 is 0.